The number of aryl methyl sites for hydroxylation is 1. The van der Waals surface area contributed by atoms with Gasteiger partial charge in [0, 0.05) is 29.6 Å². The third-order valence-corrected chi connectivity index (χ3v) is 3.30. The molecule has 0 aliphatic heterocycles. The number of hydrogen-bond donors (Lipinski definition) is 1. The van der Waals surface area contributed by atoms with Crippen LogP contribution in [0.3, 0.4) is 0 Å². The average Bonchev–Trinajstić information content (AvgIpc) is 2.88. The molecule has 110 valence electrons. The highest BCUT2D eigenvalue weighted by atomic mass is 16.2. The minimum Gasteiger partial charge on any atom is -0.344 e. The predicted octanol–water partition coefficient (Wildman–Crippen LogP) is 3.27. The minimum atomic E-state index is -0.108. The van der Waals surface area contributed by atoms with Crippen molar-refractivity contribution in [3.63, 3.8) is 0 Å². The summed E-state index contributed by atoms with van der Waals surface area (Å²) < 4.78 is 1.73. The van der Waals surface area contributed by atoms with Crippen LogP contribution in [0.1, 0.15) is 29.8 Å². The topological polar surface area (TPSA) is 51.1 Å². The van der Waals surface area contributed by atoms with Gasteiger partial charge < -0.3 is 9.88 Å². The minimum absolute atomic E-state index is 0.0401. The molecule has 0 radical (unpaired) electrons. The van der Waals surface area contributed by atoms with Gasteiger partial charge in [-0.25, -0.2) is 0 Å². The molecule has 0 aliphatic carbocycles. The lowest BCUT2D eigenvalue weighted by molar-refractivity contribution is -0.116. The van der Waals surface area contributed by atoms with Crippen LogP contribution in [0.4, 0.5) is 5.69 Å². The first-order valence-electron chi connectivity index (χ1n) is 7.03. The summed E-state index contributed by atoms with van der Waals surface area (Å²) >= 11 is 0. The molecule has 0 unspecified atom stereocenters. The van der Waals surface area contributed by atoms with Gasteiger partial charge in [0.1, 0.15) is 6.54 Å². The molecular weight excluding hydrogens is 264 g/mol. The van der Waals surface area contributed by atoms with Crippen LogP contribution in [0.15, 0.2) is 42.7 Å². The lowest BCUT2D eigenvalue weighted by atomic mass is 10.0. The smallest absolute Gasteiger partial charge is 0.244 e. The van der Waals surface area contributed by atoms with Crippen LogP contribution in [-0.2, 0) is 11.3 Å². The average molecular weight is 284 g/mol. The Bertz CT molecular complexity index is 656. The van der Waals surface area contributed by atoms with E-state index in [4.69, 9.17) is 0 Å². The van der Waals surface area contributed by atoms with Gasteiger partial charge in [-0.1, -0.05) is 32.0 Å². The van der Waals surface area contributed by atoms with Crippen molar-refractivity contribution in [2.24, 2.45) is 5.92 Å². The van der Waals surface area contributed by atoms with Crippen molar-refractivity contribution in [3.8, 4) is 0 Å². The molecule has 1 heterocycles. The zero-order valence-electron chi connectivity index (χ0n) is 12.6. The third-order valence-electron chi connectivity index (χ3n) is 3.30. The van der Waals surface area contributed by atoms with Crippen LogP contribution in [0.5, 0.6) is 0 Å². The fourth-order valence-electron chi connectivity index (χ4n) is 2.09. The molecule has 1 aromatic carbocycles. The van der Waals surface area contributed by atoms with Crippen molar-refractivity contribution < 1.29 is 9.59 Å². The number of benzene rings is 1. The SMILES string of the molecule is Cc1ccccc1NC(=O)Cn1ccc(C(=O)C(C)C)c1. The molecule has 0 saturated carbocycles. The Morgan fingerprint density at radius 2 is 1.90 bits per heavy atom. The molecule has 1 aromatic heterocycles. The molecule has 0 saturated heterocycles. The lowest BCUT2D eigenvalue weighted by Gasteiger charge is -2.08. The number of carbonyl (C=O) groups is 2. The molecule has 4 heteroatoms. The summed E-state index contributed by atoms with van der Waals surface area (Å²) in [5.74, 6) is -0.0573. The summed E-state index contributed by atoms with van der Waals surface area (Å²) in [7, 11) is 0. The first-order chi connectivity index (χ1) is 9.97. The normalized spacial score (nSPS) is 10.7. The predicted molar refractivity (Wildman–Crippen MR) is 83.4 cm³/mol. The maximum atomic E-state index is 12.0. The molecule has 1 N–H and O–H groups in total. The summed E-state index contributed by atoms with van der Waals surface area (Å²) in [4.78, 5) is 23.9. The van der Waals surface area contributed by atoms with E-state index in [1.807, 2.05) is 45.0 Å². The number of hydrogen-bond acceptors (Lipinski definition) is 2. The van der Waals surface area contributed by atoms with Crippen molar-refractivity contribution in [1.82, 2.24) is 4.57 Å². The van der Waals surface area contributed by atoms with E-state index in [1.165, 1.54) is 0 Å². The summed E-state index contributed by atoms with van der Waals surface area (Å²) in [6.07, 6.45) is 3.48. The molecule has 2 rings (SSSR count). The van der Waals surface area contributed by atoms with Gasteiger partial charge in [-0.3, -0.25) is 9.59 Å². The molecule has 1 amide bonds. The van der Waals surface area contributed by atoms with E-state index in [0.717, 1.165) is 11.3 Å². The van der Waals surface area contributed by atoms with Crippen molar-refractivity contribution >= 4 is 17.4 Å². The van der Waals surface area contributed by atoms with E-state index in [-0.39, 0.29) is 24.2 Å². The first kappa shape index (κ1) is 15.0. The van der Waals surface area contributed by atoms with Gasteiger partial charge in [0.25, 0.3) is 0 Å². The summed E-state index contributed by atoms with van der Waals surface area (Å²) in [6, 6.07) is 9.39. The molecule has 21 heavy (non-hydrogen) atoms. The number of ketones is 1. The second-order valence-corrected chi connectivity index (χ2v) is 5.45. The molecule has 2 aromatic rings. The fourth-order valence-corrected chi connectivity index (χ4v) is 2.09. The van der Waals surface area contributed by atoms with E-state index in [2.05, 4.69) is 5.32 Å². The number of nitrogens with zero attached hydrogens (tertiary/aromatic N) is 1. The Balaban J connectivity index is 2.01. The largest absolute Gasteiger partial charge is 0.344 e. The Kier molecular flexibility index (Phi) is 4.58. The highest BCUT2D eigenvalue weighted by molar-refractivity contribution is 5.97. The monoisotopic (exact) mass is 284 g/mol. The number of rotatable bonds is 5. The van der Waals surface area contributed by atoms with Gasteiger partial charge >= 0.3 is 0 Å². The molecular formula is C17H20N2O2. The van der Waals surface area contributed by atoms with Crippen molar-refractivity contribution in [3.05, 3.63) is 53.9 Å². The summed E-state index contributed by atoms with van der Waals surface area (Å²) in [6.45, 7) is 5.87. The lowest BCUT2D eigenvalue weighted by Crippen LogP contribution is -2.18. The standard InChI is InChI=1S/C17H20N2O2/c1-12(2)17(21)14-8-9-19(10-14)11-16(20)18-15-7-5-4-6-13(15)3/h4-10,12H,11H2,1-3H3,(H,18,20). The van der Waals surface area contributed by atoms with E-state index < -0.39 is 0 Å². The van der Waals surface area contributed by atoms with Crippen molar-refractivity contribution in [2.45, 2.75) is 27.3 Å². The Morgan fingerprint density at radius 3 is 2.57 bits per heavy atom. The highest BCUT2D eigenvalue weighted by Crippen LogP contribution is 2.13. The molecule has 0 bridgehead atoms. The highest BCUT2D eigenvalue weighted by Gasteiger charge is 2.12. The van der Waals surface area contributed by atoms with Gasteiger partial charge in [0.05, 0.1) is 0 Å². The quantitative estimate of drug-likeness (QED) is 0.857. The van der Waals surface area contributed by atoms with E-state index >= 15 is 0 Å². The second kappa shape index (κ2) is 6.39. The van der Waals surface area contributed by atoms with Gasteiger partial charge in [0.2, 0.25) is 5.91 Å². The van der Waals surface area contributed by atoms with E-state index in [0.29, 0.717) is 5.56 Å². The van der Waals surface area contributed by atoms with Crippen LogP contribution in [0, 0.1) is 12.8 Å². The maximum absolute atomic E-state index is 12.0. The first-order valence-corrected chi connectivity index (χ1v) is 7.03. The van der Waals surface area contributed by atoms with Gasteiger partial charge in [-0.05, 0) is 24.6 Å². The maximum Gasteiger partial charge on any atom is 0.244 e. The van der Waals surface area contributed by atoms with Crippen LogP contribution in [0.25, 0.3) is 0 Å². The number of anilines is 1. The van der Waals surface area contributed by atoms with Crippen molar-refractivity contribution in [2.75, 3.05) is 5.32 Å². The number of nitrogens with one attached hydrogen (secondary N) is 1. The Hall–Kier alpha value is -2.36. The summed E-state index contributed by atoms with van der Waals surface area (Å²) in [5, 5.41) is 2.88. The van der Waals surface area contributed by atoms with Gasteiger partial charge in [-0.15, -0.1) is 0 Å². The number of aromatic nitrogens is 1. The fraction of sp³-hybridized carbons (Fsp3) is 0.294. The molecule has 4 nitrogen and oxygen atoms in total. The Morgan fingerprint density at radius 1 is 1.19 bits per heavy atom. The number of Topliss-reactive ketones (excluding diaryl/α,β-unsaturated/α-hetero) is 1. The van der Waals surface area contributed by atoms with E-state index in [9.17, 15) is 9.59 Å². The van der Waals surface area contributed by atoms with Gasteiger partial charge in [-0.2, -0.15) is 0 Å². The van der Waals surface area contributed by atoms with Crippen molar-refractivity contribution in [1.29, 1.82) is 0 Å². The van der Waals surface area contributed by atoms with Crippen LogP contribution >= 0.6 is 0 Å². The molecule has 0 atom stereocenters. The Labute approximate surface area is 124 Å². The van der Waals surface area contributed by atoms with Crippen LogP contribution in [0.2, 0.25) is 0 Å². The number of para-hydroxylation sites is 1. The third kappa shape index (κ3) is 3.81. The van der Waals surface area contributed by atoms with Gasteiger partial charge in [0.15, 0.2) is 5.78 Å². The zero-order valence-corrected chi connectivity index (χ0v) is 12.6. The zero-order chi connectivity index (χ0) is 15.4. The number of carbonyl (C=O) groups excluding carboxylic acids is 2. The summed E-state index contributed by atoms with van der Waals surface area (Å²) in [5.41, 5.74) is 2.48. The van der Waals surface area contributed by atoms with E-state index in [1.54, 1.807) is 23.0 Å². The molecule has 0 spiro atoms. The number of amides is 1. The second-order valence-electron chi connectivity index (χ2n) is 5.45. The van der Waals surface area contributed by atoms with Crippen LogP contribution in [-0.4, -0.2) is 16.3 Å². The molecule has 0 aliphatic rings. The molecule has 0 fully saturated rings. The van der Waals surface area contributed by atoms with Crippen LogP contribution < -0.4 is 5.32 Å².